The lowest BCUT2D eigenvalue weighted by molar-refractivity contribution is 0.477. The van der Waals surface area contributed by atoms with Gasteiger partial charge in [0.15, 0.2) is 0 Å². The van der Waals surface area contributed by atoms with Crippen molar-refractivity contribution < 1.29 is 8.42 Å². The van der Waals surface area contributed by atoms with Crippen LogP contribution in [0.3, 0.4) is 0 Å². The lowest BCUT2D eigenvalue weighted by Gasteiger charge is -2.28. The van der Waals surface area contributed by atoms with Gasteiger partial charge in [-0.1, -0.05) is 30.3 Å². The van der Waals surface area contributed by atoms with Gasteiger partial charge in [-0.05, 0) is 24.6 Å². The van der Waals surface area contributed by atoms with E-state index in [1.54, 1.807) is 13.0 Å². The van der Waals surface area contributed by atoms with Crippen LogP contribution >= 0.6 is 11.6 Å². The Hall–Kier alpha value is -1.43. The summed E-state index contributed by atoms with van der Waals surface area (Å²) >= 11 is 5.99. The average Bonchev–Trinajstić information content (AvgIpc) is 2.48. The quantitative estimate of drug-likeness (QED) is 0.863. The predicted molar refractivity (Wildman–Crippen MR) is 79.1 cm³/mol. The van der Waals surface area contributed by atoms with E-state index in [0.717, 1.165) is 5.56 Å². The van der Waals surface area contributed by atoms with Gasteiger partial charge < -0.3 is 0 Å². The fourth-order valence-corrected chi connectivity index (χ4v) is 3.49. The first-order chi connectivity index (χ1) is 9.48. The van der Waals surface area contributed by atoms with Crippen molar-refractivity contribution in [2.75, 3.05) is 5.88 Å². The maximum absolute atomic E-state index is 12.4. The van der Waals surface area contributed by atoms with Gasteiger partial charge in [0.1, 0.15) is 4.90 Å². The van der Waals surface area contributed by atoms with Crippen molar-refractivity contribution in [3.63, 3.8) is 0 Å². The molecule has 0 aliphatic rings. The monoisotopic (exact) mass is 310 g/mol. The lowest BCUT2D eigenvalue weighted by Crippen LogP contribution is -2.44. The number of nitrogens with zero attached hydrogens (tertiary/aromatic N) is 1. The third-order valence-corrected chi connectivity index (χ3v) is 5.10. The van der Waals surface area contributed by atoms with Gasteiger partial charge in [0.05, 0.1) is 5.54 Å². The first-order valence-corrected chi connectivity index (χ1v) is 8.05. The Morgan fingerprint density at radius 3 is 2.45 bits per heavy atom. The van der Waals surface area contributed by atoms with Crippen LogP contribution < -0.4 is 4.72 Å². The minimum absolute atomic E-state index is 0.118. The third kappa shape index (κ3) is 3.17. The van der Waals surface area contributed by atoms with Crippen LogP contribution in [0.4, 0.5) is 0 Å². The van der Waals surface area contributed by atoms with E-state index in [4.69, 9.17) is 11.6 Å². The first kappa shape index (κ1) is 15.0. The molecule has 1 N–H and O–H groups in total. The Balaban J connectivity index is 2.36. The molecular weight excluding hydrogens is 296 g/mol. The molecule has 2 rings (SSSR count). The maximum Gasteiger partial charge on any atom is 0.242 e. The second-order valence-corrected chi connectivity index (χ2v) is 6.58. The molecule has 0 amide bonds. The highest BCUT2D eigenvalue weighted by Gasteiger charge is 2.31. The molecule has 20 heavy (non-hydrogen) atoms. The van der Waals surface area contributed by atoms with Gasteiger partial charge in [-0.15, -0.1) is 11.6 Å². The number of rotatable bonds is 5. The molecule has 106 valence electrons. The highest BCUT2D eigenvalue weighted by atomic mass is 35.5. The molecule has 2 aromatic rings. The molecule has 6 heteroatoms. The Kier molecular flexibility index (Phi) is 4.42. The van der Waals surface area contributed by atoms with E-state index in [9.17, 15) is 8.42 Å². The van der Waals surface area contributed by atoms with E-state index in [-0.39, 0.29) is 10.8 Å². The number of alkyl halides is 1. The van der Waals surface area contributed by atoms with Gasteiger partial charge >= 0.3 is 0 Å². The van der Waals surface area contributed by atoms with Crippen LogP contribution in [0.1, 0.15) is 12.5 Å². The third-order valence-electron chi connectivity index (χ3n) is 2.98. The number of benzene rings is 1. The zero-order valence-electron chi connectivity index (χ0n) is 11.0. The van der Waals surface area contributed by atoms with Crippen LogP contribution in [0.5, 0.6) is 0 Å². The molecule has 0 saturated heterocycles. The second-order valence-electron chi connectivity index (χ2n) is 4.63. The summed E-state index contributed by atoms with van der Waals surface area (Å²) in [5, 5.41) is 0. The highest BCUT2D eigenvalue weighted by Crippen LogP contribution is 2.24. The summed E-state index contributed by atoms with van der Waals surface area (Å²) in [6.07, 6.45) is 2.83. The highest BCUT2D eigenvalue weighted by molar-refractivity contribution is 7.89. The normalized spacial score (nSPS) is 14.7. The van der Waals surface area contributed by atoms with E-state index in [0.29, 0.717) is 0 Å². The molecular formula is C14H15ClN2O2S. The number of hydrogen-bond donors (Lipinski definition) is 1. The molecule has 0 radical (unpaired) electrons. The molecule has 1 heterocycles. The number of pyridine rings is 1. The summed E-state index contributed by atoms with van der Waals surface area (Å²) in [4.78, 5) is 3.95. The van der Waals surface area contributed by atoms with Crippen molar-refractivity contribution in [2.24, 2.45) is 0 Å². The lowest BCUT2D eigenvalue weighted by atomic mass is 9.96. The van der Waals surface area contributed by atoms with E-state index in [1.165, 1.54) is 18.5 Å². The zero-order valence-corrected chi connectivity index (χ0v) is 12.5. The summed E-state index contributed by atoms with van der Waals surface area (Å²) in [5.74, 6) is 0.122. The van der Waals surface area contributed by atoms with Crippen molar-refractivity contribution in [2.45, 2.75) is 17.4 Å². The minimum atomic E-state index is -3.68. The number of aromatic nitrogens is 1. The smallest absolute Gasteiger partial charge is 0.242 e. The van der Waals surface area contributed by atoms with Crippen LogP contribution in [-0.4, -0.2) is 19.3 Å². The zero-order chi connectivity index (χ0) is 14.6. The van der Waals surface area contributed by atoms with Crippen molar-refractivity contribution >= 4 is 21.6 Å². The van der Waals surface area contributed by atoms with Crippen molar-refractivity contribution in [1.29, 1.82) is 0 Å². The van der Waals surface area contributed by atoms with Gasteiger partial charge in [0, 0.05) is 18.3 Å². The van der Waals surface area contributed by atoms with E-state index in [2.05, 4.69) is 9.71 Å². The van der Waals surface area contributed by atoms with Crippen LogP contribution in [-0.2, 0) is 15.6 Å². The molecule has 0 bridgehead atoms. The fourth-order valence-electron chi connectivity index (χ4n) is 1.83. The maximum atomic E-state index is 12.4. The Bertz CT molecular complexity index is 662. The summed E-state index contributed by atoms with van der Waals surface area (Å²) < 4.78 is 27.4. The molecule has 0 fully saturated rings. The van der Waals surface area contributed by atoms with Gasteiger partial charge in [-0.3, -0.25) is 4.98 Å². The molecule has 0 aliphatic carbocycles. The summed E-state index contributed by atoms with van der Waals surface area (Å²) in [6.45, 7) is 1.75. The molecule has 1 aromatic heterocycles. The largest absolute Gasteiger partial charge is 0.263 e. The van der Waals surface area contributed by atoms with E-state index in [1.807, 2.05) is 30.3 Å². The van der Waals surface area contributed by atoms with Crippen LogP contribution in [0.15, 0.2) is 59.8 Å². The Labute approximate surface area is 123 Å². The van der Waals surface area contributed by atoms with Gasteiger partial charge in [0.25, 0.3) is 0 Å². The minimum Gasteiger partial charge on any atom is -0.263 e. The first-order valence-electron chi connectivity index (χ1n) is 6.03. The topological polar surface area (TPSA) is 59.1 Å². The van der Waals surface area contributed by atoms with Crippen LogP contribution in [0.25, 0.3) is 0 Å². The molecule has 1 atom stereocenters. The number of hydrogen-bond acceptors (Lipinski definition) is 3. The van der Waals surface area contributed by atoms with Gasteiger partial charge in [-0.25, -0.2) is 8.42 Å². The van der Waals surface area contributed by atoms with E-state index >= 15 is 0 Å². The standard InChI is InChI=1S/C14H15ClN2O2S/c1-14(11-15,12-6-3-2-4-7-12)17-20(18,19)13-8-5-9-16-10-13/h2-10,17H,11H2,1H3. The number of nitrogens with one attached hydrogen (secondary N) is 1. The molecule has 4 nitrogen and oxygen atoms in total. The van der Waals surface area contributed by atoms with Gasteiger partial charge in [-0.2, -0.15) is 4.72 Å². The average molecular weight is 311 g/mol. The molecule has 1 aromatic carbocycles. The Morgan fingerprint density at radius 2 is 1.90 bits per heavy atom. The number of sulfonamides is 1. The molecule has 0 spiro atoms. The Morgan fingerprint density at radius 1 is 1.20 bits per heavy atom. The number of halogens is 1. The fraction of sp³-hybridized carbons (Fsp3) is 0.214. The van der Waals surface area contributed by atoms with E-state index < -0.39 is 15.6 Å². The summed E-state index contributed by atoms with van der Waals surface area (Å²) in [5.41, 5.74) is -0.0697. The van der Waals surface area contributed by atoms with Crippen molar-refractivity contribution in [1.82, 2.24) is 9.71 Å². The van der Waals surface area contributed by atoms with Crippen LogP contribution in [0, 0.1) is 0 Å². The SMILES string of the molecule is CC(CCl)(NS(=O)(=O)c1cccnc1)c1ccccc1. The summed E-state index contributed by atoms with van der Waals surface area (Å²) in [7, 11) is -3.68. The van der Waals surface area contributed by atoms with Crippen molar-refractivity contribution in [3.8, 4) is 0 Å². The predicted octanol–water partition coefficient (Wildman–Crippen LogP) is 2.51. The molecule has 1 unspecified atom stereocenters. The van der Waals surface area contributed by atoms with Gasteiger partial charge in [0.2, 0.25) is 10.0 Å². The second kappa shape index (κ2) is 5.91. The summed E-state index contributed by atoms with van der Waals surface area (Å²) in [6, 6.07) is 12.3. The van der Waals surface area contributed by atoms with Crippen LogP contribution in [0.2, 0.25) is 0 Å². The van der Waals surface area contributed by atoms with Crippen molar-refractivity contribution in [3.05, 3.63) is 60.4 Å². The molecule has 0 aliphatic heterocycles. The molecule has 0 saturated carbocycles.